The van der Waals surface area contributed by atoms with Crippen LogP contribution in [0.25, 0.3) is 0 Å². The fourth-order valence-corrected chi connectivity index (χ4v) is 3.55. The highest BCUT2D eigenvalue weighted by Gasteiger charge is 2.27. The summed E-state index contributed by atoms with van der Waals surface area (Å²) in [6, 6.07) is 11.6. The maximum absolute atomic E-state index is 12.5. The van der Waals surface area contributed by atoms with Crippen molar-refractivity contribution >= 4 is 29.3 Å². The Kier molecular flexibility index (Phi) is 11.0. The van der Waals surface area contributed by atoms with E-state index in [1.54, 1.807) is 12.1 Å². The average Bonchev–Trinajstić information content (AvgIpc) is 2.86. The molecule has 0 saturated carbocycles. The smallest absolute Gasteiger partial charge is 0.407 e. The van der Waals surface area contributed by atoms with E-state index in [1.807, 2.05) is 44.2 Å². The van der Waals surface area contributed by atoms with Gasteiger partial charge in [-0.15, -0.1) is 0 Å². The van der Waals surface area contributed by atoms with Crippen LogP contribution in [0.1, 0.15) is 31.9 Å². The monoisotopic (exact) mass is 501 g/mol. The van der Waals surface area contributed by atoms with Gasteiger partial charge in [0, 0.05) is 6.92 Å². The molecule has 2 rings (SSSR count). The summed E-state index contributed by atoms with van der Waals surface area (Å²) in [5, 5.41) is 18.4. The Morgan fingerprint density at radius 2 is 1.67 bits per heavy atom. The van der Waals surface area contributed by atoms with E-state index < -0.39 is 24.1 Å². The number of rotatable bonds is 12. The highest BCUT2D eigenvalue weighted by molar-refractivity contribution is 5.97. The summed E-state index contributed by atoms with van der Waals surface area (Å²) in [5.41, 5.74) is 2.31. The Morgan fingerprint density at radius 1 is 0.972 bits per heavy atom. The molecule has 0 bridgehead atoms. The van der Waals surface area contributed by atoms with Crippen molar-refractivity contribution in [3.05, 3.63) is 53.6 Å². The summed E-state index contributed by atoms with van der Waals surface area (Å²) < 4.78 is 15.7. The summed E-state index contributed by atoms with van der Waals surface area (Å²) in [6.07, 6.45) is -0.520. The summed E-state index contributed by atoms with van der Waals surface area (Å²) in [4.78, 5) is 36.5. The van der Waals surface area contributed by atoms with Gasteiger partial charge in [0.25, 0.3) is 0 Å². The number of amides is 2. The third kappa shape index (κ3) is 8.16. The molecular formula is C26H35N3O7. The van der Waals surface area contributed by atoms with Crippen molar-refractivity contribution in [3.8, 4) is 5.75 Å². The van der Waals surface area contributed by atoms with Crippen LogP contribution in [-0.2, 0) is 32.1 Å². The molecule has 0 aliphatic carbocycles. The number of ether oxygens (including phenoxy) is 3. The molecule has 0 aliphatic rings. The number of hydrogen-bond donors (Lipinski definition) is 4. The van der Waals surface area contributed by atoms with Crippen LogP contribution in [0.4, 0.5) is 16.2 Å². The molecule has 2 aromatic rings. The van der Waals surface area contributed by atoms with E-state index in [2.05, 4.69) is 20.7 Å². The van der Waals surface area contributed by atoms with Gasteiger partial charge >= 0.3 is 12.1 Å². The Bertz CT molecular complexity index is 1030. The second kappa shape index (κ2) is 13.9. The van der Waals surface area contributed by atoms with E-state index in [0.29, 0.717) is 22.7 Å². The molecule has 0 spiro atoms. The lowest BCUT2D eigenvalue weighted by Gasteiger charge is -2.27. The summed E-state index contributed by atoms with van der Waals surface area (Å²) in [6.45, 7) is 4.97. The van der Waals surface area contributed by atoms with Gasteiger partial charge in [-0.05, 0) is 29.5 Å². The van der Waals surface area contributed by atoms with Crippen LogP contribution in [0.3, 0.4) is 0 Å². The first-order valence-electron chi connectivity index (χ1n) is 11.6. The van der Waals surface area contributed by atoms with Crippen LogP contribution in [0, 0.1) is 5.92 Å². The first kappa shape index (κ1) is 28.4. The molecule has 10 heteroatoms. The fourth-order valence-electron chi connectivity index (χ4n) is 3.55. The van der Waals surface area contributed by atoms with Crippen molar-refractivity contribution in [2.24, 2.45) is 5.92 Å². The van der Waals surface area contributed by atoms with Gasteiger partial charge < -0.3 is 35.3 Å². The molecule has 2 amide bonds. The highest BCUT2D eigenvalue weighted by Crippen LogP contribution is 2.38. The Balaban J connectivity index is 2.56. The van der Waals surface area contributed by atoms with Crippen molar-refractivity contribution in [2.75, 3.05) is 31.5 Å². The van der Waals surface area contributed by atoms with Gasteiger partial charge in [-0.2, -0.15) is 0 Å². The molecule has 4 N–H and O–H groups in total. The lowest BCUT2D eigenvalue weighted by atomic mass is 9.99. The number of aliphatic hydroxyl groups is 1. The van der Waals surface area contributed by atoms with Crippen molar-refractivity contribution in [1.82, 2.24) is 5.32 Å². The zero-order valence-electron chi connectivity index (χ0n) is 21.3. The number of anilines is 2. The zero-order valence-corrected chi connectivity index (χ0v) is 21.3. The zero-order chi connectivity index (χ0) is 26.7. The van der Waals surface area contributed by atoms with Crippen LogP contribution in [0.5, 0.6) is 5.75 Å². The van der Waals surface area contributed by atoms with Gasteiger partial charge in [-0.25, -0.2) is 9.59 Å². The molecule has 196 valence electrons. The molecule has 0 fully saturated rings. The third-order valence-electron chi connectivity index (χ3n) is 5.41. The van der Waals surface area contributed by atoms with E-state index in [-0.39, 0.29) is 31.5 Å². The SMILES string of the molecule is COC(=O)N[C@H](CO)Cc1ccc(OCc2ccccc2)c(NC(C)=O)c1N[C@H](C(=O)OC)C(C)C. The van der Waals surface area contributed by atoms with E-state index >= 15 is 0 Å². The summed E-state index contributed by atoms with van der Waals surface area (Å²) in [5.74, 6) is -0.600. The first-order chi connectivity index (χ1) is 17.2. The molecule has 0 unspecified atom stereocenters. The van der Waals surface area contributed by atoms with Crippen molar-refractivity contribution in [1.29, 1.82) is 0 Å². The summed E-state index contributed by atoms with van der Waals surface area (Å²) in [7, 11) is 2.53. The lowest BCUT2D eigenvalue weighted by molar-refractivity contribution is -0.142. The van der Waals surface area contributed by atoms with Gasteiger partial charge in [0.05, 0.1) is 32.6 Å². The van der Waals surface area contributed by atoms with Crippen LogP contribution >= 0.6 is 0 Å². The molecule has 2 atom stereocenters. The van der Waals surface area contributed by atoms with Crippen LogP contribution in [0.2, 0.25) is 0 Å². The van der Waals surface area contributed by atoms with Crippen molar-refractivity contribution in [2.45, 2.75) is 45.9 Å². The Morgan fingerprint density at radius 3 is 2.22 bits per heavy atom. The summed E-state index contributed by atoms with van der Waals surface area (Å²) >= 11 is 0. The highest BCUT2D eigenvalue weighted by atomic mass is 16.5. The molecule has 0 saturated heterocycles. The lowest BCUT2D eigenvalue weighted by Crippen LogP contribution is -2.40. The molecular weight excluding hydrogens is 466 g/mol. The quantitative estimate of drug-likeness (QED) is 0.326. The standard InChI is InChI=1S/C26H35N3O7/c1-16(2)22(25(32)34-4)29-23-19(13-20(14-30)28-26(33)35-5)11-12-21(24(23)27-17(3)31)36-15-18-9-7-6-8-10-18/h6-12,16,20,22,29-30H,13-15H2,1-5H3,(H,27,31)(H,28,33)/t20-,22-/m0/s1. The molecule has 2 aromatic carbocycles. The minimum Gasteiger partial charge on any atom is -0.487 e. The Labute approximate surface area is 211 Å². The van der Waals surface area contributed by atoms with Gasteiger partial charge in [0.15, 0.2) is 0 Å². The number of hydrogen-bond acceptors (Lipinski definition) is 8. The van der Waals surface area contributed by atoms with E-state index in [4.69, 9.17) is 9.47 Å². The van der Waals surface area contributed by atoms with Gasteiger partial charge in [0.2, 0.25) is 5.91 Å². The van der Waals surface area contributed by atoms with E-state index in [0.717, 1.165) is 5.56 Å². The topological polar surface area (TPSA) is 135 Å². The first-order valence-corrected chi connectivity index (χ1v) is 11.6. The van der Waals surface area contributed by atoms with Crippen molar-refractivity contribution in [3.63, 3.8) is 0 Å². The number of methoxy groups -OCH3 is 2. The third-order valence-corrected chi connectivity index (χ3v) is 5.41. The maximum Gasteiger partial charge on any atom is 0.407 e. The number of carbonyl (C=O) groups is 3. The number of esters is 1. The molecule has 0 heterocycles. The second-order valence-corrected chi connectivity index (χ2v) is 8.54. The van der Waals surface area contributed by atoms with Crippen LogP contribution in [-0.4, -0.2) is 56.0 Å². The number of benzene rings is 2. The van der Waals surface area contributed by atoms with E-state index in [1.165, 1.54) is 21.1 Å². The largest absolute Gasteiger partial charge is 0.487 e. The van der Waals surface area contributed by atoms with Gasteiger partial charge in [-0.3, -0.25) is 4.79 Å². The van der Waals surface area contributed by atoms with Gasteiger partial charge in [0.1, 0.15) is 24.1 Å². The van der Waals surface area contributed by atoms with E-state index in [9.17, 15) is 19.5 Å². The number of carbonyl (C=O) groups excluding carboxylic acids is 3. The number of nitrogens with one attached hydrogen (secondary N) is 3. The second-order valence-electron chi connectivity index (χ2n) is 8.54. The molecule has 36 heavy (non-hydrogen) atoms. The van der Waals surface area contributed by atoms with Crippen LogP contribution in [0.15, 0.2) is 42.5 Å². The molecule has 0 radical (unpaired) electrons. The minimum absolute atomic E-state index is 0.161. The fraction of sp³-hybridized carbons (Fsp3) is 0.423. The predicted molar refractivity (Wildman–Crippen MR) is 136 cm³/mol. The number of alkyl carbamates (subject to hydrolysis) is 1. The predicted octanol–water partition coefficient (Wildman–Crippen LogP) is 3.09. The normalized spacial score (nSPS) is 12.3. The molecule has 10 nitrogen and oxygen atoms in total. The molecule has 0 aromatic heterocycles. The average molecular weight is 502 g/mol. The Hall–Kier alpha value is -3.79. The number of aliphatic hydroxyl groups excluding tert-OH is 1. The minimum atomic E-state index is -0.744. The molecule has 0 aliphatic heterocycles. The maximum atomic E-state index is 12.5. The van der Waals surface area contributed by atoms with Gasteiger partial charge in [-0.1, -0.05) is 50.2 Å². The van der Waals surface area contributed by atoms with Crippen LogP contribution < -0.4 is 20.7 Å². The van der Waals surface area contributed by atoms with Crippen molar-refractivity contribution < 1.29 is 33.7 Å².